The minimum absolute atomic E-state index is 0.272. The molecular weight excluding hydrogens is 314 g/mol. The Morgan fingerprint density at radius 3 is 2.93 bits per heavy atom. The summed E-state index contributed by atoms with van der Waals surface area (Å²) in [7, 11) is 0. The van der Waals surface area contributed by atoms with Gasteiger partial charge in [-0.05, 0) is 39.6 Å². The number of thioether (sulfide) groups is 1. The van der Waals surface area contributed by atoms with Crippen molar-refractivity contribution in [3.05, 3.63) is 27.1 Å². The number of rotatable bonds is 4. The highest BCUT2D eigenvalue weighted by atomic mass is 79.9. The molecular formula is C8H8BrN3S3. The highest BCUT2D eigenvalue weighted by Gasteiger charge is 2.15. The topological polar surface area (TPSA) is 51.8 Å². The van der Waals surface area contributed by atoms with E-state index in [-0.39, 0.29) is 5.25 Å². The lowest BCUT2D eigenvalue weighted by Gasteiger charge is -2.09. The summed E-state index contributed by atoms with van der Waals surface area (Å²) in [4.78, 5) is 5.41. The maximum atomic E-state index is 5.76. The average molecular weight is 322 g/mol. The largest absolute Gasteiger partial charge is 0.329 e. The third-order valence-corrected chi connectivity index (χ3v) is 5.61. The Labute approximate surface area is 108 Å². The first-order chi connectivity index (χ1) is 7.29. The monoisotopic (exact) mass is 321 g/mol. The van der Waals surface area contributed by atoms with Crippen LogP contribution >= 0.6 is 50.6 Å². The highest BCUT2D eigenvalue weighted by molar-refractivity contribution is 9.11. The number of aromatic nitrogens is 2. The Morgan fingerprint density at radius 2 is 2.40 bits per heavy atom. The number of hydrogen-bond donors (Lipinski definition) is 1. The molecule has 0 aromatic carbocycles. The third-order valence-electron chi connectivity index (χ3n) is 1.71. The van der Waals surface area contributed by atoms with Crippen LogP contribution in [0, 0.1) is 0 Å². The number of hydrogen-bond acceptors (Lipinski definition) is 6. The zero-order chi connectivity index (χ0) is 10.7. The van der Waals surface area contributed by atoms with Crippen molar-refractivity contribution in [3.8, 4) is 0 Å². The second-order valence-electron chi connectivity index (χ2n) is 2.69. The molecule has 0 saturated heterocycles. The summed E-state index contributed by atoms with van der Waals surface area (Å²) in [6.45, 7) is 0.608. The Morgan fingerprint density at radius 1 is 1.53 bits per heavy atom. The van der Waals surface area contributed by atoms with Gasteiger partial charge in [0.05, 0.1) is 9.04 Å². The van der Waals surface area contributed by atoms with E-state index in [1.807, 2.05) is 6.07 Å². The molecule has 2 aromatic rings. The first-order valence-corrected chi connectivity index (χ1v) is 7.44. The molecule has 0 bridgehead atoms. The zero-order valence-electron chi connectivity index (χ0n) is 7.59. The van der Waals surface area contributed by atoms with Crippen LogP contribution in [0.3, 0.4) is 0 Å². The Balaban J connectivity index is 2.11. The molecule has 0 fully saturated rings. The quantitative estimate of drug-likeness (QED) is 0.879. The van der Waals surface area contributed by atoms with Gasteiger partial charge >= 0.3 is 0 Å². The molecule has 3 nitrogen and oxygen atoms in total. The summed E-state index contributed by atoms with van der Waals surface area (Å²) in [6, 6.07) is 4.14. The van der Waals surface area contributed by atoms with E-state index in [0.29, 0.717) is 6.54 Å². The van der Waals surface area contributed by atoms with Crippen molar-refractivity contribution in [2.24, 2.45) is 5.73 Å². The second kappa shape index (κ2) is 5.40. The SMILES string of the molecule is NCC(Sc1ncns1)c1ccc(Br)s1. The van der Waals surface area contributed by atoms with Crippen LogP contribution in [0.15, 0.2) is 26.6 Å². The average Bonchev–Trinajstić information content (AvgIpc) is 2.85. The van der Waals surface area contributed by atoms with Gasteiger partial charge in [-0.3, -0.25) is 0 Å². The van der Waals surface area contributed by atoms with Crippen molar-refractivity contribution >= 4 is 50.6 Å². The molecule has 80 valence electrons. The van der Waals surface area contributed by atoms with Crippen LogP contribution < -0.4 is 5.73 Å². The second-order valence-corrected chi connectivity index (χ2v) is 7.42. The summed E-state index contributed by atoms with van der Waals surface area (Å²) in [5.41, 5.74) is 5.76. The molecule has 15 heavy (non-hydrogen) atoms. The lowest BCUT2D eigenvalue weighted by Crippen LogP contribution is -2.07. The number of nitrogens with zero attached hydrogens (tertiary/aromatic N) is 2. The normalized spacial score (nSPS) is 12.9. The van der Waals surface area contributed by atoms with Crippen LogP contribution in [0.25, 0.3) is 0 Å². The fraction of sp³-hybridized carbons (Fsp3) is 0.250. The fourth-order valence-electron chi connectivity index (χ4n) is 1.06. The van der Waals surface area contributed by atoms with Gasteiger partial charge in [-0.25, -0.2) is 4.98 Å². The van der Waals surface area contributed by atoms with E-state index in [1.54, 1.807) is 29.4 Å². The molecule has 0 aliphatic rings. The van der Waals surface area contributed by atoms with Gasteiger partial charge < -0.3 is 5.73 Å². The summed E-state index contributed by atoms with van der Waals surface area (Å²) in [5, 5.41) is 0.272. The number of nitrogens with two attached hydrogens (primary N) is 1. The molecule has 0 aliphatic carbocycles. The van der Waals surface area contributed by atoms with Gasteiger partial charge in [-0.15, -0.1) is 11.3 Å². The van der Waals surface area contributed by atoms with Gasteiger partial charge in [0, 0.05) is 11.4 Å². The van der Waals surface area contributed by atoms with Crippen LogP contribution in [0.4, 0.5) is 0 Å². The van der Waals surface area contributed by atoms with Gasteiger partial charge in [0.1, 0.15) is 6.33 Å². The van der Waals surface area contributed by atoms with Gasteiger partial charge in [0.15, 0.2) is 4.34 Å². The van der Waals surface area contributed by atoms with E-state index in [9.17, 15) is 0 Å². The van der Waals surface area contributed by atoms with Crippen LogP contribution in [0.2, 0.25) is 0 Å². The highest BCUT2D eigenvalue weighted by Crippen LogP contribution is 2.39. The van der Waals surface area contributed by atoms with E-state index in [2.05, 4.69) is 31.4 Å². The van der Waals surface area contributed by atoms with Crippen molar-refractivity contribution in [2.75, 3.05) is 6.54 Å². The molecule has 2 rings (SSSR count). The third kappa shape index (κ3) is 3.01. The molecule has 0 aliphatic heterocycles. The lowest BCUT2D eigenvalue weighted by molar-refractivity contribution is 0.958. The van der Waals surface area contributed by atoms with Crippen LogP contribution in [-0.2, 0) is 0 Å². The van der Waals surface area contributed by atoms with E-state index in [0.717, 1.165) is 8.13 Å². The molecule has 2 heterocycles. The maximum absolute atomic E-state index is 5.76. The van der Waals surface area contributed by atoms with E-state index in [1.165, 1.54) is 16.4 Å². The number of halogens is 1. The maximum Gasteiger partial charge on any atom is 0.170 e. The summed E-state index contributed by atoms with van der Waals surface area (Å²) < 4.78 is 6.07. The minimum Gasteiger partial charge on any atom is -0.329 e. The Bertz CT molecular complexity index is 414. The van der Waals surface area contributed by atoms with Crippen molar-refractivity contribution < 1.29 is 0 Å². The van der Waals surface area contributed by atoms with Gasteiger partial charge in [-0.2, -0.15) is 4.37 Å². The van der Waals surface area contributed by atoms with Crippen LogP contribution in [-0.4, -0.2) is 15.9 Å². The lowest BCUT2D eigenvalue weighted by atomic mass is 10.3. The predicted octanol–water partition coefficient (Wildman–Crippen LogP) is 3.15. The molecule has 0 radical (unpaired) electrons. The summed E-state index contributed by atoms with van der Waals surface area (Å²) in [5.74, 6) is 0. The van der Waals surface area contributed by atoms with Crippen molar-refractivity contribution in [1.29, 1.82) is 0 Å². The molecule has 0 saturated carbocycles. The van der Waals surface area contributed by atoms with Gasteiger partial charge in [-0.1, -0.05) is 11.8 Å². The van der Waals surface area contributed by atoms with Crippen LogP contribution in [0.5, 0.6) is 0 Å². The van der Waals surface area contributed by atoms with Gasteiger partial charge in [0.2, 0.25) is 0 Å². The molecule has 0 amide bonds. The molecule has 2 N–H and O–H groups in total. The van der Waals surface area contributed by atoms with E-state index < -0.39 is 0 Å². The fourth-order valence-corrected chi connectivity index (χ4v) is 4.34. The first kappa shape index (κ1) is 11.5. The summed E-state index contributed by atoms with van der Waals surface area (Å²) in [6.07, 6.45) is 1.57. The standard InChI is InChI=1S/C8H8BrN3S3/c9-7-2-1-5(13-7)6(3-10)14-8-11-4-12-15-8/h1-2,4,6H,3,10H2. The van der Waals surface area contributed by atoms with Crippen molar-refractivity contribution in [2.45, 2.75) is 9.59 Å². The molecule has 2 aromatic heterocycles. The molecule has 0 spiro atoms. The van der Waals surface area contributed by atoms with E-state index in [4.69, 9.17) is 5.73 Å². The Kier molecular flexibility index (Phi) is 4.15. The van der Waals surface area contributed by atoms with Gasteiger partial charge in [0.25, 0.3) is 0 Å². The molecule has 7 heteroatoms. The molecule has 1 atom stereocenters. The summed E-state index contributed by atoms with van der Waals surface area (Å²) >= 11 is 8.24. The molecule has 1 unspecified atom stereocenters. The predicted molar refractivity (Wildman–Crippen MR) is 69.6 cm³/mol. The van der Waals surface area contributed by atoms with Crippen molar-refractivity contribution in [3.63, 3.8) is 0 Å². The van der Waals surface area contributed by atoms with E-state index >= 15 is 0 Å². The number of thiophene rings is 1. The zero-order valence-corrected chi connectivity index (χ0v) is 11.6. The minimum atomic E-state index is 0.272. The Hall–Kier alpha value is 0.0500. The van der Waals surface area contributed by atoms with Crippen LogP contribution in [0.1, 0.15) is 10.1 Å². The van der Waals surface area contributed by atoms with Crippen molar-refractivity contribution in [1.82, 2.24) is 9.36 Å². The first-order valence-electron chi connectivity index (χ1n) is 4.18. The smallest absolute Gasteiger partial charge is 0.170 e.